The topological polar surface area (TPSA) is 59.0 Å². The Hall–Kier alpha value is -2.73. The minimum atomic E-state index is 0.504. The van der Waals surface area contributed by atoms with Gasteiger partial charge in [-0.25, -0.2) is 0 Å². The van der Waals surface area contributed by atoms with Gasteiger partial charge in [-0.05, 0) is 34.9 Å². The standard InChI is InChI=1S/C17H14N2O/c18-11-15(12-4-2-1-3-5-12)17(19)14-6-7-16-13(10-14)8-9-20-16/h1-7,10H,8-9,19H2/b17-15-. The van der Waals surface area contributed by atoms with Crippen molar-refractivity contribution >= 4 is 11.3 Å². The predicted molar refractivity (Wildman–Crippen MR) is 78.7 cm³/mol. The van der Waals surface area contributed by atoms with Crippen LogP contribution in [-0.4, -0.2) is 6.61 Å². The van der Waals surface area contributed by atoms with Crippen molar-refractivity contribution < 1.29 is 4.74 Å². The number of fused-ring (bicyclic) bond motifs is 1. The summed E-state index contributed by atoms with van der Waals surface area (Å²) < 4.78 is 5.48. The Labute approximate surface area is 117 Å². The van der Waals surface area contributed by atoms with Crippen LogP contribution in [0.4, 0.5) is 0 Å². The van der Waals surface area contributed by atoms with Gasteiger partial charge in [0.15, 0.2) is 0 Å². The van der Waals surface area contributed by atoms with Gasteiger partial charge in [-0.15, -0.1) is 0 Å². The van der Waals surface area contributed by atoms with Gasteiger partial charge in [-0.1, -0.05) is 30.3 Å². The zero-order valence-electron chi connectivity index (χ0n) is 11.0. The maximum atomic E-state index is 9.39. The third-order valence-electron chi connectivity index (χ3n) is 3.44. The molecule has 1 aliphatic heterocycles. The van der Waals surface area contributed by atoms with Gasteiger partial charge in [0, 0.05) is 6.42 Å². The van der Waals surface area contributed by atoms with Gasteiger partial charge in [-0.2, -0.15) is 5.26 Å². The van der Waals surface area contributed by atoms with Crippen LogP contribution in [0, 0.1) is 11.3 Å². The van der Waals surface area contributed by atoms with Crippen LogP contribution in [0.2, 0.25) is 0 Å². The molecule has 0 spiro atoms. The molecule has 0 aromatic heterocycles. The van der Waals surface area contributed by atoms with E-state index < -0.39 is 0 Å². The number of hydrogen-bond acceptors (Lipinski definition) is 3. The Kier molecular flexibility index (Phi) is 3.14. The predicted octanol–water partition coefficient (Wildman–Crippen LogP) is 2.97. The van der Waals surface area contributed by atoms with Crippen molar-refractivity contribution in [2.45, 2.75) is 6.42 Å². The summed E-state index contributed by atoms with van der Waals surface area (Å²) in [5.74, 6) is 0.916. The fourth-order valence-electron chi connectivity index (χ4n) is 2.38. The Morgan fingerprint density at radius 1 is 1.10 bits per heavy atom. The molecule has 0 saturated carbocycles. The summed E-state index contributed by atoms with van der Waals surface area (Å²) >= 11 is 0. The molecule has 0 amide bonds. The Balaban J connectivity index is 2.08. The lowest BCUT2D eigenvalue weighted by Crippen LogP contribution is -2.01. The first kappa shape index (κ1) is 12.3. The average Bonchev–Trinajstić information content (AvgIpc) is 2.96. The maximum Gasteiger partial charge on any atom is 0.122 e. The van der Waals surface area contributed by atoms with Crippen LogP contribution >= 0.6 is 0 Å². The summed E-state index contributed by atoms with van der Waals surface area (Å²) in [6, 6.07) is 17.5. The Morgan fingerprint density at radius 3 is 2.65 bits per heavy atom. The zero-order chi connectivity index (χ0) is 13.9. The first-order valence-electron chi connectivity index (χ1n) is 6.51. The number of nitrogens with two attached hydrogens (primary N) is 1. The molecule has 3 nitrogen and oxygen atoms in total. The summed E-state index contributed by atoms with van der Waals surface area (Å²) in [4.78, 5) is 0. The van der Waals surface area contributed by atoms with E-state index in [1.54, 1.807) is 0 Å². The second-order valence-corrected chi connectivity index (χ2v) is 4.69. The lowest BCUT2D eigenvalue weighted by molar-refractivity contribution is 0.357. The number of rotatable bonds is 2. The van der Waals surface area contributed by atoms with Crippen LogP contribution in [0.15, 0.2) is 48.5 Å². The van der Waals surface area contributed by atoms with Gasteiger partial charge in [-0.3, -0.25) is 0 Å². The number of hydrogen-bond donors (Lipinski definition) is 1. The molecule has 0 fully saturated rings. The molecule has 2 aromatic rings. The molecular formula is C17H14N2O. The summed E-state index contributed by atoms with van der Waals surface area (Å²) in [6.07, 6.45) is 0.893. The average molecular weight is 262 g/mol. The van der Waals surface area contributed by atoms with Gasteiger partial charge in [0.05, 0.1) is 17.9 Å². The molecule has 1 heterocycles. The molecule has 2 aromatic carbocycles. The van der Waals surface area contributed by atoms with E-state index in [0.29, 0.717) is 17.9 Å². The molecule has 0 bridgehead atoms. The third kappa shape index (κ3) is 2.12. The lowest BCUT2D eigenvalue weighted by Gasteiger charge is -2.08. The fourth-order valence-corrected chi connectivity index (χ4v) is 2.38. The Bertz CT molecular complexity index is 712. The van der Waals surface area contributed by atoms with Crippen LogP contribution in [0.25, 0.3) is 11.3 Å². The summed E-state index contributed by atoms with van der Waals surface area (Å²) in [5, 5.41) is 9.39. The van der Waals surface area contributed by atoms with Crippen molar-refractivity contribution in [3.05, 3.63) is 65.2 Å². The highest BCUT2D eigenvalue weighted by Gasteiger charge is 2.14. The normalized spacial score (nSPS) is 13.9. The number of benzene rings is 2. The van der Waals surface area contributed by atoms with Gasteiger partial charge >= 0.3 is 0 Å². The number of allylic oxidation sites excluding steroid dienone is 1. The Morgan fingerprint density at radius 2 is 1.90 bits per heavy atom. The van der Waals surface area contributed by atoms with Crippen LogP contribution in [0.5, 0.6) is 5.75 Å². The van der Waals surface area contributed by atoms with Gasteiger partial charge in [0.1, 0.15) is 11.8 Å². The van der Waals surface area contributed by atoms with E-state index in [9.17, 15) is 5.26 Å². The smallest absolute Gasteiger partial charge is 0.122 e. The summed E-state index contributed by atoms with van der Waals surface area (Å²) in [6.45, 7) is 0.714. The molecule has 98 valence electrons. The van der Waals surface area contributed by atoms with E-state index in [4.69, 9.17) is 10.5 Å². The van der Waals surface area contributed by atoms with E-state index in [2.05, 4.69) is 6.07 Å². The van der Waals surface area contributed by atoms with Crippen molar-refractivity contribution in [2.75, 3.05) is 6.61 Å². The molecule has 20 heavy (non-hydrogen) atoms. The van der Waals surface area contributed by atoms with Crippen LogP contribution in [0.1, 0.15) is 16.7 Å². The molecule has 3 rings (SSSR count). The van der Waals surface area contributed by atoms with E-state index in [0.717, 1.165) is 28.9 Å². The maximum absolute atomic E-state index is 9.39. The van der Waals surface area contributed by atoms with Crippen molar-refractivity contribution in [1.82, 2.24) is 0 Å². The molecule has 0 unspecified atom stereocenters. The molecule has 2 N–H and O–H groups in total. The van der Waals surface area contributed by atoms with E-state index in [1.807, 2.05) is 48.5 Å². The lowest BCUT2D eigenvalue weighted by atomic mass is 9.99. The van der Waals surface area contributed by atoms with Crippen molar-refractivity contribution in [2.24, 2.45) is 5.73 Å². The second kappa shape index (κ2) is 5.10. The van der Waals surface area contributed by atoms with Crippen molar-refractivity contribution in [3.8, 4) is 11.8 Å². The quantitative estimate of drug-likeness (QED) is 0.668. The highest BCUT2D eigenvalue weighted by molar-refractivity contribution is 5.96. The molecule has 1 aliphatic rings. The van der Waals surface area contributed by atoms with Crippen LogP contribution in [0.3, 0.4) is 0 Å². The number of nitriles is 1. The minimum absolute atomic E-state index is 0.504. The molecule has 0 atom stereocenters. The summed E-state index contributed by atoms with van der Waals surface area (Å²) in [5.41, 5.74) is 10.1. The first-order chi connectivity index (χ1) is 9.79. The fraction of sp³-hybridized carbons (Fsp3) is 0.118. The number of ether oxygens (including phenoxy) is 1. The third-order valence-corrected chi connectivity index (χ3v) is 3.44. The summed E-state index contributed by atoms with van der Waals surface area (Å²) in [7, 11) is 0. The van der Waals surface area contributed by atoms with E-state index >= 15 is 0 Å². The van der Waals surface area contributed by atoms with Gasteiger partial charge in [0.25, 0.3) is 0 Å². The number of nitrogens with zero attached hydrogens (tertiary/aromatic N) is 1. The van der Waals surface area contributed by atoms with E-state index in [1.165, 1.54) is 0 Å². The van der Waals surface area contributed by atoms with Crippen LogP contribution < -0.4 is 10.5 Å². The van der Waals surface area contributed by atoms with Crippen LogP contribution in [-0.2, 0) is 6.42 Å². The molecular weight excluding hydrogens is 248 g/mol. The highest BCUT2D eigenvalue weighted by Crippen LogP contribution is 2.29. The van der Waals surface area contributed by atoms with E-state index in [-0.39, 0.29) is 0 Å². The molecule has 0 radical (unpaired) electrons. The zero-order valence-corrected chi connectivity index (χ0v) is 11.0. The largest absolute Gasteiger partial charge is 0.493 e. The SMILES string of the molecule is N#C/C(=C(/N)c1ccc2c(c1)CCO2)c1ccccc1. The highest BCUT2D eigenvalue weighted by atomic mass is 16.5. The van der Waals surface area contributed by atoms with Crippen molar-refractivity contribution in [1.29, 1.82) is 5.26 Å². The molecule has 3 heteroatoms. The minimum Gasteiger partial charge on any atom is -0.493 e. The van der Waals surface area contributed by atoms with Crippen molar-refractivity contribution in [3.63, 3.8) is 0 Å². The molecule has 0 saturated heterocycles. The van der Waals surface area contributed by atoms with Gasteiger partial charge < -0.3 is 10.5 Å². The molecule has 0 aliphatic carbocycles. The monoisotopic (exact) mass is 262 g/mol. The second-order valence-electron chi connectivity index (χ2n) is 4.69. The first-order valence-corrected chi connectivity index (χ1v) is 6.51. The van der Waals surface area contributed by atoms with Gasteiger partial charge in [0.2, 0.25) is 0 Å².